The minimum Gasteiger partial charge on any atom is -0.288 e. The summed E-state index contributed by atoms with van der Waals surface area (Å²) in [7, 11) is -3.56. The Morgan fingerprint density at radius 1 is 1.10 bits per heavy atom. The Morgan fingerprint density at radius 2 is 1.71 bits per heavy atom. The average Bonchev–Trinajstić information content (AvgIpc) is 2.30. The van der Waals surface area contributed by atoms with E-state index in [0.29, 0.717) is 19.3 Å². The fourth-order valence-electron chi connectivity index (χ4n) is 1.72. The van der Waals surface area contributed by atoms with Crippen LogP contribution in [0.3, 0.4) is 0 Å². The van der Waals surface area contributed by atoms with Crippen molar-refractivity contribution in [2.24, 2.45) is 0 Å². The van der Waals surface area contributed by atoms with Crippen LogP contribution in [0, 0.1) is 3.70 Å². The highest BCUT2D eigenvalue weighted by atomic mass is 127. The number of aromatic nitrogens is 2. The van der Waals surface area contributed by atoms with Crippen LogP contribution in [0.25, 0.3) is 0 Å². The van der Waals surface area contributed by atoms with Gasteiger partial charge in [-0.1, -0.05) is 23.2 Å². The quantitative estimate of drug-likeness (QED) is 0.714. The molecule has 112 valence electrons. The predicted octanol–water partition coefficient (Wildman–Crippen LogP) is 2.80. The number of rotatable bonds is 4. The van der Waals surface area contributed by atoms with Crippen LogP contribution in [0.5, 0.6) is 0 Å². The molecular weight excluding hydrogens is 450 g/mol. The minimum atomic E-state index is -3.56. The summed E-state index contributed by atoms with van der Waals surface area (Å²) in [5.41, 5.74) is 0.0174. The van der Waals surface area contributed by atoms with Gasteiger partial charge in [0.15, 0.2) is 9.84 Å². The van der Waals surface area contributed by atoms with Gasteiger partial charge in [-0.3, -0.25) is 9.89 Å². The van der Waals surface area contributed by atoms with Gasteiger partial charge >= 0.3 is 0 Å². The fraction of sp³-hybridized carbons (Fsp3) is 0.167. The molecule has 0 aliphatic rings. The maximum atomic E-state index is 12.1. The molecule has 0 saturated heterocycles. The van der Waals surface area contributed by atoms with Crippen LogP contribution in [0.15, 0.2) is 29.1 Å². The number of H-pyrrole nitrogens is 1. The van der Waals surface area contributed by atoms with Crippen molar-refractivity contribution in [3.8, 4) is 0 Å². The number of nitrogens with one attached hydrogen (secondary N) is 1. The van der Waals surface area contributed by atoms with Gasteiger partial charge in [0.25, 0.3) is 0 Å². The van der Waals surface area contributed by atoms with E-state index in [1.807, 2.05) is 22.6 Å². The normalized spacial score (nSPS) is 11.6. The van der Waals surface area contributed by atoms with Gasteiger partial charge in [0.1, 0.15) is 5.69 Å². The van der Waals surface area contributed by atoms with E-state index in [1.54, 1.807) is 0 Å². The highest BCUT2D eigenvalue weighted by Gasteiger charge is 2.17. The lowest BCUT2D eigenvalue weighted by Crippen LogP contribution is -2.18. The van der Waals surface area contributed by atoms with Gasteiger partial charge in [-0.25, -0.2) is 8.42 Å². The lowest BCUT2D eigenvalue weighted by Gasteiger charge is -2.05. The molecular formula is C12H9Cl2IN2O3S. The molecule has 2 aromatic rings. The van der Waals surface area contributed by atoms with Crippen molar-refractivity contribution in [2.75, 3.05) is 0 Å². The zero-order chi connectivity index (χ0) is 15.6. The van der Waals surface area contributed by atoms with Crippen molar-refractivity contribution >= 4 is 55.6 Å². The van der Waals surface area contributed by atoms with Gasteiger partial charge in [0.2, 0.25) is 5.43 Å². The topological polar surface area (TPSA) is 79.9 Å². The maximum absolute atomic E-state index is 12.1. The van der Waals surface area contributed by atoms with Crippen molar-refractivity contribution in [2.45, 2.75) is 11.5 Å². The number of nitrogens with zero attached hydrogens (tertiary/aromatic N) is 1. The zero-order valence-corrected chi connectivity index (χ0v) is 14.9. The molecule has 0 aliphatic heterocycles. The third kappa shape index (κ3) is 4.94. The molecule has 5 nitrogen and oxygen atoms in total. The Balaban J connectivity index is 2.24. The summed E-state index contributed by atoms with van der Waals surface area (Å²) < 4.78 is 24.8. The highest BCUT2D eigenvalue weighted by Crippen LogP contribution is 2.21. The van der Waals surface area contributed by atoms with E-state index in [4.69, 9.17) is 23.2 Å². The molecule has 9 heteroatoms. The molecule has 0 bridgehead atoms. The summed E-state index contributed by atoms with van der Waals surface area (Å²) in [6.07, 6.45) is 0. The summed E-state index contributed by atoms with van der Waals surface area (Å²) in [5.74, 6) is -0.705. The van der Waals surface area contributed by atoms with Crippen LogP contribution in [0.4, 0.5) is 0 Å². The van der Waals surface area contributed by atoms with E-state index < -0.39 is 21.0 Å². The zero-order valence-electron chi connectivity index (χ0n) is 10.4. The summed E-state index contributed by atoms with van der Waals surface area (Å²) in [5, 5.41) is 7.06. The summed E-state index contributed by atoms with van der Waals surface area (Å²) in [6, 6.07) is 5.87. The third-order valence-electron chi connectivity index (χ3n) is 2.51. The molecule has 1 N–H and O–H groups in total. The van der Waals surface area contributed by atoms with Crippen LogP contribution in [-0.2, 0) is 21.3 Å². The Kier molecular flexibility index (Phi) is 5.29. The van der Waals surface area contributed by atoms with Crippen molar-refractivity contribution in [3.05, 3.63) is 59.5 Å². The van der Waals surface area contributed by atoms with Crippen LogP contribution < -0.4 is 5.43 Å². The summed E-state index contributed by atoms with van der Waals surface area (Å²) in [4.78, 5) is 11.7. The predicted molar refractivity (Wildman–Crippen MR) is 90.4 cm³/mol. The van der Waals surface area contributed by atoms with E-state index >= 15 is 0 Å². The molecule has 0 atom stereocenters. The standard InChI is InChI=1S/C12H9Cl2IN2O3S/c13-8-1-7(2-9(14)3-8)5-21(19,20)6-10-11(18)4-12(15)17-16-10/h1-4H,5-6H2,(H,17,18). The Labute approximate surface area is 144 Å². The number of sulfone groups is 1. The van der Waals surface area contributed by atoms with Crippen LogP contribution in [0.2, 0.25) is 10.0 Å². The number of hydrogen-bond donors (Lipinski definition) is 1. The Morgan fingerprint density at radius 3 is 2.29 bits per heavy atom. The largest absolute Gasteiger partial charge is 0.288 e. The molecule has 0 aliphatic carbocycles. The number of halogens is 3. The molecule has 0 fully saturated rings. The second kappa shape index (κ2) is 6.64. The molecule has 0 unspecified atom stereocenters. The van der Waals surface area contributed by atoms with Gasteiger partial charge in [-0.05, 0) is 46.4 Å². The second-order valence-corrected chi connectivity index (χ2v) is 8.44. The molecule has 0 spiro atoms. The summed E-state index contributed by atoms with van der Waals surface area (Å²) in [6.45, 7) is 0. The van der Waals surface area contributed by atoms with Gasteiger partial charge in [-0.2, -0.15) is 5.10 Å². The van der Waals surface area contributed by atoms with Crippen LogP contribution >= 0.6 is 45.8 Å². The first-order valence-electron chi connectivity index (χ1n) is 5.65. The van der Waals surface area contributed by atoms with Crippen molar-refractivity contribution < 1.29 is 8.42 Å². The number of benzene rings is 1. The maximum Gasteiger partial charge on any atom is 0.205 e. The summed E-state index contributed by atoms with van der Waals surface area (Å²) >= 11 is 13.6. The Hall–Kier alpha value is -0.640. The van der Waals surface area contributed by atoms with Gasteiger partial charge in [-0.15, -0.1) is 0 Å². The van der Waals surface area contributed by atoms with E-state index in [2.05, 4.69) is 10.2 Å². The molecule has 0 radical (unpaired) electrons. The SMILES string of the molecule is O=c1cc(I)[nH]nc1CS(=O)(=O)Cc1cc(Cl)cc(Cl)c1. The third-order valence-corrected chi connectivity index (χ3v) is 4.98. The van der Waals surface area contributed by atoms with E-state index in [1.165, 1.54) is 24.3 Å². The van der Waals surface area contributed by atoms with Crippen molar-refractivity contribution in [1.82, 2.24) is 10.2 Å². The lowest BCUT2D eigenvalue weighted by molar-refractivity contribution is 0.593. The van der Waals surface area contributed by atoms with Crippen molar-refractivity contribution in [3.63, 3.8) is 0 Å². The van der Waals surface area contributed by atoms with Crippen molar-refractivity contribution in [1.29, 1.82) is 0 Å². The minimum absolute atomic E-state index is 0.0384. The highest BCUT2D eigenvalue weighted by molar-refractivity contribution is 14.1. The first-order valence-corrected chi connectivity index (χ1v) is 9.30. The number of hydrogen-bond acceptors (Lipinski definition) is 4. The monoisotopic (exact) mass is 458 g/mol. The van der Waals surface area contributed by atoms with Crippen LogP contribution in [0.1, 0.15) is 11.3 Å². The van der Waals surface area contributed by atoms with Gasteiger partial charge in [0, 0.05) is 16.1 Å². The first kappa shape index (κ1) is 16.7. The number of aromatic amines is 1. The fourth-order valence-corrected chi connectivity index (χ4v) is 4.09. The lowest BCUT2D eigenvalue weighted by atomic mass is 10.2. The molecule has 0 saturated carbocycles. The van der Waals surface area contributed by atoms with Crippen LogP contribution in [-0.4, -0.2) is 18.6 Å². The smallest absolute Gasteiger partial charge is 0.205 e. The van der Waals surface area contributed by atoms with E-state index in [-0.39, 0.29) is 11.4 Å². The second-order valence-electron chi connectivity index (χ2n) is 4.34. The van der Waals surface area contributed by atoms with Gasteiger partial charge < -0.3 is 0 Å². The molecule has 21 heavy (non-hydrogen) atoms. The van der Waals surface area contributed by atoms with Gasteiger partial charge in [0.05, 0.1) is 15.2 Å². The molecule has 1 aromatic heterocycles. The Bertz CT molecular complexity index is 816. The van der Waals surface area contributed by atoms with E-state index in [9.17, 15) is 13.2 Å². The molecule has 1 heterocycles. The average molecular weight is 459 g/mol. The molecule has 0 amide bonds. The van der Waals surface area contributed by atoms with E-state index in [0.717, 1.165) is 0 Å². The molecule has 2 rings (SSSR count). The first-order chi connectivity index (χ1) is 9.75. The molecule has 1 aromatic carbocycles.